The smallest absolute Gasteiger partial charge is 0.139 e. The Labute approximate surface area is 191 Å². The molecule has 2 fully saturated rings. The van der Waals surface area contributed by atoms with Crippen LogP contribution in [0.2, 0.25) is 0 Å². The zero-order valence-corrected chi connectivity index (χ0v) is 18.9. The van der Waals surface area contributed by atoms with Crippen LogP contribution in [-0.4, -0.2) is 39.7 Å². The molecule has 0 spiro atoms. The molecule has 1 aromatic carbocycles. The van der Waals surface area contributed by atoms with Gasteiger partial charge in [-0.05, 0) is 74.9 Å². The van der Waals surface area contributed by atoms with Crippen LogP contribution in [0.4, 0.5) is 0 Å². The number of piperidine rings is 1. The van der Waals surface area contributed by atoms with Crippen molar-refractivity contribution < 1.29 is 10.0 Å². The van der Waals surface area contributed by atoms with Crippen molar-refractivity contribution in [3.8, 4) is 0 Å². The van der Waals surface area contributed by atoms with Crippen LogP contribution >= 0.6 is 0 Å². The molecule has 2 aliphatic rings. The van der Waals surface area contributed by atoms with Gasteiger partial charge >= 0.3 is 0 Å². The van der Waals surface area contributed by atoms with E-state index in [0.717, 1.165) is 82.3 Å². The summed E-state index contributed by atoms with van der Waals surface area (Å²) < 4.78 is 0. The molecule has 1 aliphatic heterocycles. The van der Waals surface area contributed by atoms with Gasteiger partial charge < -0.3 is 5.21 Å². The first-order chi connectivity index (χ1) is 15.7. The normalized spacial score (nSPS) is 23.9. The van der Waals surface area contributed by atoms with Crippen molar-refractivity contribution in [3.63, 3.8) is 0 Å². The molecule has 0 radical (unpaired) electrons. The third kappa shape index (κ3) is 5.83. The molecule has 1 saturated carbocycles. The lowest BCUT2D eigenvalue weighted by Gasteiger charge is -2.33. The SMILES string of the molecule is O=C(C1CCCCC(/C(=N\O)c2ccccc2)CC1)C1CCN(Cc2ccncc2)CC1. The fourth-order valence-corrected chi connectivity index (χ4v) is 5.47. The number of rotatable bonds is 6. The van der Waals surface area contributed by atoms with Crippen LogP contribution in [0.1, 0.15) is 62.5 Å². The number of nitrogens with zero attached hydrogens (tertiary/aromatic N) is 3. The number of hydrogen-bond acceptors (Lipinski definition) is 5. The summed E-state index contributed by atoms with van der Waals surface area (Å²) in [6.07, 6.45) is 11.7. The van der Waals surface area contributed by atoms with Crippen molar-refractivity contribution >= 4 is 11.5 Å². The molecule has 2 heterocycles. The van der Waals surface area contributed by atoms with E-state index in [9.17, 15) is 10.0 Å². The number of oxime groups is 1. The molecule has 170 valence electrons. The summed E-state index contributed by atoms with van der Waals surface area (Å²) in [6.45, 7) is 2.92. The molecule has 1 N–H and O–H groups in total. The third-order valence-electron chi connectivity index (χ3n) is 7.33. The van der Waals surface area contributed by atoms with Crippen LogP contribution in [0.3, 0.4) is 0 Å². The van der Waals surface area contributed by atoms with Crippen LogP contribution < -0.4 is 0 Å². The van der Waals surface area contributed by atoms with E-state index in [2.05, 4.69) is 27.2 Å². The number of pyridine rings is 1. The van der Waals surface area contributed by atoms with Gasteiger partial charge in [-0.3, -0.25) is 14.7 Å². The van der Waals surface area contributed by atoms with Crippen LogP contribution in [0.15, 0.2) is 60.0 Å². The summed E-state index contributed by atoms with van der Waals surface area (Å²) in [7, 11) is 0. The number of carbonyl (C=O) groups is 1. The lowest BCUT2D eigenvalue weighted by atomic mass is 9.76. The molecule has 1 saturated heterocycles. The van der Waals surface area contributed by atoms with Crippen molar-refractivity contribution in [2.75, 3.05) is 13.1 Å². The molecule has 5 nitrogen and oxygen atoms in total. The average molecular weight is 434 g/mol. The molecule has 1 aliphatic carbocycles. The summed E-state index contributed by atoms with van der Waals surface area (Å²) in [5.41, 5.74) is 3.06. The average Bonchev–Trinajstić information content (AvgIpc) is 2.82. The maximum atomic E-state index is 13.4. The summed E-state index contributed by atoms with van der Waals surface area (Å²) in [5, 5.41) is 13.4. The van der Waals surface area contributed by atoms with Crippen LogP contribution in [0.25, 0.3) is 0 Å². The van der Waals surface area contributed by atoms with E-state index in [1.54, 1.807) is 0 Å². The predicted molar refractivity (Wildman–Crippen MR) is 127 cm³/mol. The van der Waals surface area contributed by atoms with E-state index >= 15 is 0 Å². The largest absolute Gasteiger partial charge is 0.411 e. The topological polar surface area (TPSA) is 65.8 Å². The summed E-state index contributed by atoms with van der Waals surface area (Å²) in [6, 6.07) is 14.1. The van der Waals surface area contributed by atoms with E-state index in [1.807, 2.05) is 42.7 Å². The third-order valence-corrected chi connectivity index (χ3v) is 7.33. The molecule has 0 amide bonds. The Hall–Kier alpha value is -2.53. The fraction of sp³-hybridized carbons (Fsp3) is 0.519. The number of Topliss-reactive ketones (excluding diaryl/α,β-unsaturated/α-hetero) is 1. The van der Waals surface area contributed by atoms with Gasteiger partial charge in [-0.15, -0.1) is 0 Å². The van der Waals surface area contributed by atoms with Crippen molar-refractivity contribution in [3.05, 3.63) is 66.0 Å². The van der Waals surface area contributed by atoms with Gasteiger partial charge in [0.1, 0.15) is 5.78 Å². The zero-order chi connectivity index (χ0) is 22.2. The van der Waals surface area contributed by atoms with E-state index in [0.29, 0.717) is 5.78 Å². The highest BCUT2D eigenvalue weighted by Crippen LogP contribution is 2.33. The lowest BCUT2D eigenvalue weighted by molar-refractivity contribution is -0.129. The van der Waals surface area contributed by atoms with Crippen LogP contribution in [0, 0.1) is 17.8 Å². The standard InChI is InChI=1S/C27H35N3O2/c31-27(25-14-18-30(19-15-25)20-21-12-16-28-17-13-21)24-9-5-4-8-23(10-11-24)26(29-32)22-6-2-1-3-7-22/h1-3,6-7,12-13,16-17,23-25,32H,4-5,8-11,14-15,18-20H2/b29-26-. The monoisotopic (exact) mass is 433 g/mol. The zero-order valence-electron chi connectivity index (χ0n) is 18.9. The van der Waals surface area contributed by atoms with Gasteiger partial charge in [0, 0.05) is 36.7 Å². The van der Waals surface area contributed by atoms with Crippen molar-refractivity contribution in [1.29, 1.82) is 0 Å². The first kappa shape index (κ1) is 22.7. The number of hydrogen-bond donors (Lipinski definition) is 1. The van der Waals surface area contributed by atoms with E-state index in [1.165, 1.54) is 5.56 Å². The van der Waals surface area contributed by atoms with Gasteiger partial charge in [-0.2, -0.15) is 0 Å². The molecule has 2 aromatic rings. The minimum absolute atomic E-state index is 0.158. The predicted octanol–water partition coefficient (Wildman–Crippen LogP) is 5.33. The van der Waals surface area contributed by atoms with Crippen molar-refractivity contribution in [2.24, 2.45) is 22.9 Å². The maximum absolute atomic E-state index is 13.4. The Morgan fingerprint density at radius 2 is 1.50 bits per heavy atom. The quantitative estimate of drug-likeness (QED) is 0.380. The minimum Gasteiger partial charge on any atom is -0.411 e. The van der Waals surface area contributed by atoms with Gasteiger partial charge in [-0.1, -0.05) is 48.3 Å². The van der Waals surface area contributed by atoms with Crippen molar-refractivity contribution in [1.82, 2.24) is 9.88 Å². The highest BCUT2D eigenvalue weighted by molar-refractivity contribution is 6.01. The second-order valence-electron chi connectivity index (χ2n) is 9.42. The second-order valence-corrected chi connectivity index (χ2v) is 9.42. The highest BCUT2D eigenvalue weighted by atomic mass is 16.4. The van der Waals surface area contributed by atoms with Crippen LogP contribution in [0.5, 0.6) is 0 Å². The minimum atomic E-state index is 0.158. The number of aromatic nitrogens is 1. The van der Waals surface area contributed by atoms with Gasteiger partial charge in [0.15, 0.2) is 0 Å². The van der Waals surface area contributed by atoms with Gasteiger partial charge in [0.05, 0.1) is 5.71 Å². The summed E-state index contributed by atoms with van der Waals surface area (Å²) >= 11 is 0. The van der Waals surface area contributed by atoms with Crippen LogP contribution in [-0.2, 0) is 11.3 Å². The summed E-state index contributed by atoms with van der Waals surface area (Å²) in [5.74, 6) is 1.06. The van der Waals surface area contributed by atoms with Crippen molar-refractivity contribution in [2.45, 2.75) is 57.9 Å². The number of likely N-dealkylation sites (tertiary alicyclic amines) is 1. The Morgan fingerprint density at radius 3 is 2.19 bits per heavy atom. The molecule has 2 unspecified atom stereocenters. The Bertz CT molecular complexity index is 876. The summed E-state index contributed by atoms with van der Waals surface area (Å²) in [4.78, 5) is 19.9. The number of ketones is 1. The second kappa shape index (κ2) is 11.4. The van der Waals surface area contributed by atoms with E-state index < -0.39 is 0 Å². The first-order valence-corrected chi connectivity index (χ1v) is 12.2. The molecular weight excluding hydrogens is 398 g/mol. The molecule has 4 rings (SSSR count). The van der Waals surface area contributed by atoms with Gasteiger partial charge in [-0.25, -0.2) is 0 Å². The first-order valence-electron chi connectivity index (χ1n) is 12.2. The molecule has 5 heteroatoms. The lowest BCUT2D eigenvalue weighted by Crippen LogP contribution is -2.38. The Morgan fingerprint density at radius 1 is 0.875 bits per heavy atom. The maximum Gasteiger partial charge on any atom is 0.139 e. The Kier molecular flexibility index (Phi) is 8.05. The fourth-order valence-electron chi connectivity index (χ4n) is 5.47. The highest BCUT2D eigenvalue weighted by Gasteiger charge is 2.32. The number of benzene rings is 1. The number of carbonyl (C=O) groups excluding carboxylic acids is 1. The molecule has 2 atom stereocenters. The van der Waals surface area contributed by atoms with E-state index in [4.69, 9.17) is 0 Å². The van der Waals surface area contributed by atoms with Gasteiger partial charge in [0.2, 0.25) is 0 Å². The molecule has 32 heavy (non-hydrogen) atoms. The molecule has 0 bridgehead atoms. The molecular formula is C27H35N3O2. The Balaban J connectivity index is 1.31. The van der Waals surface area contributed by atoms with E-state index in [-0.39, 0.29) is 17.8 Å². The van der Waals surface area contributed by atoms with Gasteiger partial charge in [0.25, 0.3) is 0 Å². The molecule has 1 aromatic heterocycles.